The average Bonchev–Trinajstić information content (AvgIpc) is 2.17. The van der Waals surface area contributed by atoms with Crippen LogP contribution in [-0.4, -0.2) is 68.9 Å². The lowest BCUT2D eigenvalue weighted by atomic mass is 10.4. The standard InChI is InChI=1S/C7H18N4O2S/c1-9-3-5-11(6-4-9)14(12,13)10(2)7-8/h3-8H2,1-2H3. The van der Waals surface area contributed by atoms with E-state index in [4.69, 9.17) is 5.73 Å². The highest BCUT2D eigenvalue weighted by Crippen LogP contribution is 2.08. The lowest BCUT2D eigenvalue weighted by molar-refractivity contribution is 0.214. The number of nitrogens with two attached hydrogens (primary N) is 1. The van der Waals surface area contributed by atoms with Gasteiger partial charge in [0.2, 0.25) is 0 Å². The molecule has 2 N–H and O–H groups in total. The van der Waals surface area contributed by atoms with Gasteiger partial charge in [0.15, 0.2) is 0 Å². The Bertz CT molecular complexity index is 271. The van der Waals surface area contributed by atoms with Gasteiger partial charge in [-0.3, -0.25) is 0 Å². The van der Waals surface area contributed by atoms with E-state index < -0.39 is 10.2 Å². The van der Waals surface area contributed by atoms with Crippen LogP contribution in [0.25, 0.3) is 0 Å². The predicted octanol–water partition coefficient (Wildman–Crippen LogP) is -1.67. The molecule has 1 rings (SSSR count). The van der Waals surface area contributed by atoms with E-state index in [1.54, 1.807) is 0 Å². The summed E-state index contributed by atoms with van der Waals surface area (Å²) in [4.78, 5) is 2.11. The fraction of sp³-hybridized carbons (Fsp3) is 1.00. The third kappa shape index (κ3) is 2.43. The van der Waals surface area contributed by atoms with Crippen LogP contribution in [0.4, 0.5) is 0 Å². The zero-order chi connectivity index (χ0) is 10.8. The summed E-state index contributed by atoms with van der Waals surface area (Å²) in [5.41, 5.74) is 5.30. The van der Waals surface area contributed by atoms with Crippen molar-refractivity contribution in [3.05, 3.63) is 0 Å². The minimum absolute atomic E-state index is 0.0225. The maximum atomic E-state index is 11.8. The summed E-state index contributed by atoms with van der Waals surface area (Å²) in [6, 6.07) is 0. The normalized spacial score (nSPS) is 21.7. The van der Waals surface area contributed by atoms with E-state index in [0.29, 0.717) is 13.1 Å². The summed E-state index contributed by atoms with van der Waals surface area (Å²) in [5.74, 6) is 0. The summed E-state index contributed by atoms with van der Waals surface area (Å²) in [6.45, 7) is 2.66. The van der Waals surface area contributed by atoms with Crippen LogP contribution in [0.2, 0.25) is 0 Å². The molecule has 0 amide bonds. The van der Waals surface area contributed by atoms with Crippen LogP contribution < -0.4 is 5.73 Å². The smallest absolute Gasteiger partial charge is 0.282 e. The molecule has 1 aliphatic heterocycles. The number of likely N-dealkylation sites (N-methyl/N-ethyl adjacent to an activating group) is 1. The van der Waals surface area contributed by atoms with Crippen molar-refractivity contribution in [2.45, 2.75) is 0 Å². The van der Waals surface area contributed by atoms with Crippen LogP contribution in [0, 0.1) is 0 Å². The molecule has 1 heterocycles. The molecule has 6 nitrogen and oxygen atoms in total. The number of hydrogen-bond donors (Lipinski definition) is 1. The summed E-state index contributed by atoms with van der Waals surface area (Å²) in [5, 5.41) is 0. The van der Waals surface area contributed by atoms with Gasteiger partial charge in [0.1, 0.15) is 0 Å². The first-order valence-electron chi connectivity index (χ1n) is 4.58. The summed E-state index contributed by atoms with van der Waals surface area (Å²) in [7, 11) is 0.156. The van der Waals surface area contributed by atoms with Crippen molar-refractivity contribution in [2.75, 3.05) is 46.9 Å². The van der Waals surface area contributed by atoms with Crippen molar-refractivity contribution >= 4 is 10.2 Å². The van der Waals surface area contributed by atoms with Crippen LogP contribution in [0.15, 0.2) is 0 Å². The minimum atomic E-state index is -3.32. The largest absolute Gasteiger partial charge is 0.317 e. The Hall–Kier alpha value is -0.210. The molecule has 84 valence electrons. The zero-order valence-corrected chi connectivity index (χ0v) is 9.50. The monoisotopic (exact) mass is 222 g/mol. The Morgan fingerprint density at radius 2 is 1.79 bits per heavy atom. The van der Waals surface area contributed by atoms with Crippen molar-refractivity contribution in [3.63, 3.8) is 0 Å². The molecule has 0 aromatic rings. The fourth-order valence-corrected chi connectivity index (χ4v) is 2.52. The summed E-state index contributed by atoms with van der Waals surface area (Å²) < 4.78 is 26.2. The molecule has 0 aliphatic carbocycles. The van der Waals surface area contributed by atoms with Gasteiger partial charge in [0.05, 0.1) is 6.67 Å². The molecule has 7 heteroatoms. The Labute approximate surface area is 85.4 Å². The highest BCUT2D eigenvalue weighted by atomic mass is 32.2. The molecular weight excluding hydrogens is 204 g/mol. The first-order valence-corrected chi connectivity index (χ1v) is 5.98. The second-order valence-electron chi connectivity index (χ2n) is 3.49. The van der Waals surface area contributed by atoms with Crippen LogP contribution >= 0.6 is 0 Å². The number of hydrogen-bond acceptors (Lipinski definition) is 4. The molecule has 0 spiro atoms. The van der Waals surface area contributed by atoms with E-state index in [2.05, 4.69) is 4.90 Å². The predicted molar refractivity (Wildman–Crippen MR) is 54.8 cm³/mol. The molecule has 0 radical (unpaired) electrons. The van der Waals surface area contributed by atoms with Gasteiger partial charge in [0.25, 0.3) is 10.2 Å². The molecule has 0 aromatic heterocycles. The van der Waals surface area contributed by atoms with Gasteiger partial charge >= 0.3 is 0 Å². The van der Waals surface area contributed by atoms with Crippen molar-refractivity contribution < 1.29 is 8.42 Å². The lowest BCUT2D eigenvalue weighted by Crippen LogP contribution is -2.52. The first-order chi connectivity index (χ1) is 6.48. The zero-order valence-electron chi connectivity index (χ0n) is 8.68. The van der Waals surface area contributed by atoms with E-state index in [1.807, 2.05) is 7.05 Å². The van der Waals surface area contributed by atoms with Crippen LogP contribution in [0.5, 0.6) is 0 Å². The van der Waals surface area contributed by atoms with Gasteiger partial charge in [-0.25, -0.2) is 0 Å². The third-order valence-electron chi connectivity index (χ3n) is 2.44. The number of nitrogens with zero attached hydrogens (tertiary/aromatic N) is 3. The van der Waals surface area contributed by atoms with Crippen LogP contribution in [-0.2, 0) is 10.2 Å². The topological polar surface area (TPSA) is 69.9 Å². The molecule has 0 unspecified atom stereocenters. The van der Waals surface area contributed by atoms with E-state index >= 15 is 0 Å². The average molecular weight is 222 g/mol. The van der Waals surface area contributed by atoms with E-state index in [1.165, 1.54) is 15.7 Å². The quantitative estimate of drug-likeness (QED) is 0.580. The van der Waals surface area contributed by atoms with E-state index in [0.717, 1.165) is 13.1 Å². The van der Waals surface area contributed by atoms with Crippen molar-refractivity contribution in [1.82, 2.24) is 13.5 Å². The van der Waals surface area contributed by atoms with Crippen LogP contribution in [0.1, 0.15) is 0 Å². The Morgan fingerprint density at radius 1 is 1.29 bits per heavy atom. The highest BCUT2D eigenvalue weighted by Gasteiger charge is 2.28. The van der Waals surface area contributed by atoms with E-state index in [9.17, 15) is 8.42 Å². The summed E-state index contributed by atoms with van der Waals surface area (Å²) in [6.07, 6.45) is 0. The molecule has 1 aliphatic rings. The van der Waals surface area contributed by atoms with E-state index in [-0.39, 0.29) is 6.67 Å². The summed E-state index contributed by atoms with van der Waals surface area (Å²) >= 11 is 0. The molecular formula is C7H18N4O2S. The number of piperazine rings is 1. The van der Waals surface area contributed by atoms with Gasteiger partial charge in [-0.15, -0.1) is 0 Å². The Kier molecular flexibility index (Phi) is 3.85. The molecule has 0 atom stereocenters. The van der Waals surface area contributed by atoms with Gasteiger partial charge in [-0.1, -0.05) is 0 Å². The maximum absolute atomic E-state index is 11.8. The Morgan fingerprint density at radius 3 is 2.21 bits per heavy atom. The molecule has 14 heavy (non-hydrogen) atoms. The SMILES string of the molecule is CN1CCN(S(=O)(=O)N(C)CN)CC1. The molecule has 1 saturated heterocycles. The molecule has 0 saturated carbocycles. The minimum Gasteiger partial charge on any atom is -0.317 e. The third-order valence-corrected chi connectivity index (χ3v) is 4.39. The second-order valence-corrected chi connectivity index (χ2v) is 5.53. The van der Waals surface area contributed by atoms with Crippen LogP contribution in [0.3, 0.4) is 0 Å². The van der Waals surface area contributed by atoms with Gasteiger partial charge in [-0.2, -0.15) is 17.0 Å². The second kappa shape index (κ2) is 4.54. The maximum Gasteiger partial charge on any atom is 0.282 e. The fourth-order valence-electron chi connectivity index (χ4n) is 1.31. The van der Waals surface area contributed by atoms with Gasteiger partial charge in [-0.05, 0) is 7.05 Å². The number of rotatable bonds is 3. The van der Waals surface area contributed by atoms with Gasteiger partial charge < -0.3 is 10.6 Å². The molecule has 0 aromatic carbocycles. The Balaban J connectivity index is 2.65. The van der Waals surface area contributed by atoms with Crippen molar-refractivity contribution in [2.24, 2.45) is 5.73 Å². The molecule has 0 bridgehead atoms. The van der Waals surface area contributed by atoms with Crippen molar-refractivity contribution in [1.29, 1.82) is 0 Å². The highest BCUT2D eigenvalue weighted by molar-refractivity contribution is 7.86. The molecule has 1 fully saturated rings. The lowest BCUT2D eigenvalue weighted by Gasteiger charge is -2.33. The van der Waals surface area contributed by atoms with Gasteiger partial charge in [0, 0.05) is 33.2 Å². The van der Waals surface area contributed by atoms with Crippen molar-refractivity contribution in [3.8, 4) is 0 Å². The first kappa shape index (κ1) is 11.9.